The van der Waals surface area contributed by atoms with E-state index in [1.54, 1.807) is 0 Å². The number of rotatable bonds is 3. The Morgan fingerprint density at radius 3 is 3.22 bits per heavy atom. The monoisotopic (exact) mass is 244 g/mol. The normalized spacial score (nSPS) is 21.6. The Labute approximate surface area is 107 Å². The Hall–Kier alpha value is -1.60. The third kappa shape index (κ3) is 2.19. The molecule has 1 unspecified atom stereocenters. The average Bonchev–Trinajstić information content (AvgIpc) is 3.05. The maximum atomic E-state index is 9.15. The van der Waals surface area contributed by atoms with Crippen LogP contribution < -0.4 is 4.74 Å². The minimum atomic E-state index is 0.437. The first-order valence-electron chi connectivity index (χ1n) is 6.50. The van der Waals surface area contributed by atoms with E-state index >= 15 is 0 Å². The summed E-state index contributed by atoms with van der Waals surface area (Å²) in [6.07, 6.45) is 4.21. The summed E-state index contributed by atoms with van der Waals surface area (Å²) in [5, 5.41) is 9.15. The first-order chi connectivity index (χ1) is 8.86. The Kier molecular flexibility index (Phi) is 3.16. The molecular formula is C14H16N2O2. The fourth-order valence-electron chi connectivity index (χ4n) is 2.55. The number of ether oxygens (including phenoxy) is 2. The van der Waals surface area contributed by atoms with Crippen LogP contribution in [0.3, 0.4) is 0 Å². The molecule has 1 aromatic rings. The van der Waals surface area contributed by atoms with Gasteiger partial charge in [-0.25, -0.2) is 4.98 Å². The van der Waals surface area contributed by atoms with E-state index < -0.39 is 0 Å². The molecule has 0 radical (unpaired) electrons. The molecule has 2 aliphatic rings. The van der Waals surface area contributed by atoms with E-state index in [1.165, 1.54) is 5.56 Å². The zero-order valence-electron chi connectivity index (χ0n) is 10.3. The van der Waals surface area contributed by atoms with Crippen molar-refractivity contribution in [3.8, 4) is 11.9 Å². The minimum absolute atomic E-state index is 0.437. The van der Waals surface area contributed by atoms with Gasteiger partial charge in [-0.05, 0) is 37.3 Å². The molecule has 18 heavy (non-hydrogen) atoms. The van der Waals surface area contributed by atoms with Crippen molar-refractivity contribution in [3.05, 3.63) is 22.9 Å². The van der Waals surface area contributed by atoms with Gasteiger partial charge >= 0.3 is 0 Å². The minimum Gasteiger partial charge on any atom is -0.476 e. The number of aryl methyl sites for hydroxylation is 2. The van der Waals surface area contributed by atoms with E-state index in [1.807, 2.05) is 6.07 Å². The molecule has 0 saturated carbocycles. The molecule has 1 aliphatic heterocycles. The lowest BCUT2D eigenvalue weighted by Gasteiger charge is -2.11. The molecule has 1 aliphatic carbocycles. The van der Waals surface area contributed by atoms with Crippen molar-refractivity contribution in [2.24, 2.45) is 5.92 Å². The summed E-state index contributed by atoms with van der Waals surface area (Å²) in [5.41, 5.74) is 2.88. The van der Waals surface area contributed by atoms with Crippen LogP contribution >= 0.6 is 0 Å². The maximum absolute atomic E-state index is 9.15. The highest BCUT2D eigenvalue weighted by molar-refractivity contribution is 5.44. The zero-order chi connectivity index (χ0) is 12.4. The van der Waals surface area contributed by atoms with Gasteiger partial charge in [0.1, 0.15) is 11.6 Å². The predicted octanol–water partition coefficient (Wildman–Crippen LogP) is 1.86. The molecule has 0 aromatic carbocycles. The average molecular weight is 244 g/mol. The Morgan fingerprint density at radius 1 is 1.50 bits per heavy atom. The number of nitriles is 1. The summed E-state index contributed by atoms with van der Waals surface area (Å²) in [6.45, 7) is 2.17. The molecule has 3 rings (SSSR count). The largest absolute Gasteiger partial charge is 0.476 e. The van der Waals surface area contributed by atoms with Crippen LogP contribution in [0.15, 0.2) is 6.07 Å². The quantitative estimate of drug-likeness (QED) is 0.814. The van der Waals surface area contributed by atoms with Crippen LogP contribution in [0, 0.1) is 17.2 Å². The zero-order valence-corrected chi connectivity index (χ0v) is 10.3. The topological polar surface area (TPSA) is 55.1 Å². The summed E-state index contributed by atoms with van der Waals surface area (Å²) in [7, 11) is 0. The van der Waals surface area contributed by atoms with E-state index in [0.717, 1.165) is 44.6 Å². The standard InChI is InChI=1S/C14H16N2O2/c15-7-12-6-11-2-1-3-13(11)16-14(12)18-9-10-4-5-17-8-10/h6,10H,1-5,8-9H2. The van der Waals surface area contributed by atoms with Gasteiger partial charge in [-0.2, -0.15) is 5.26 Å². The van der Waals surface area contributed by atoms with Gasteiger partial charge in [0, 0.05) is 18.2 Å². The summed E-state index contributed by atoms with van der Waals surface area (Å²) in [5.74, 6) is 0.941. The second-order valence-corrected chi connectivity index (χ2v) is 4.95. The van der Waals surface area contributed by atoms with E-state index in [4.69, 9.17) is 14.7 Å². The third-order valence-electron chi connectivity index (χ3n) is 3.62. The van der Waals surface area contributed by atoms with Crippen molar-refractivity contribution in [2.75, 3.05) is 19.8 Å². The van der Waals surface area contributed by atoms with Crippen molar-refractivity contribution >= 4 is 0 Å². The van der Waals surface area contributed by atoms with Gasteiger partial charge in [0.15, 0.2) is 0 Å². The molecule has 1 aromatic heterocycles. The number of fused-ring (bicyclic) bond motifs is 1. The highest BCUT2D eigenvalue weighted by atomic mass is 16.5. The Bertz CT molecular complexity index is 487. The van der Waals surface area contributed by atoms with Crippen LogP contribution in [0.25, 0.3) is 0 Å². The van der Waals surface area contributed by atoms with Crippen LogP contribution in [-0.2, 0) is 17.6 Å². The molecule has 4 heteroatoms. The lowest BCUT2D eigenvalue weighted by atomic mass is 10.1. The lowest BCUT2D eigenvalue weighted by molar-refractivity contribution is 0.165. The van der Waals surface area contributed by atoms with Crippen molar-refractivity contribution in [2.45, 2.75) is 25.7 Å². The number of pyridine rings is 1. The van der Waals surface area contributed by atoms with E-state index in [2.05, 4.69) is 11.1 Å². The number of aromatic nitrogens is 1. The second kappa shape index (κ2) is 4.95. The molecule has 1 saturated heterocycles. The highest BCUT2D eigenvalue weighted by Gasteiger charge is 2.20. The fraction of sp³-hybridized carbons (Fsp3) is 0.571. The molecule has 0 N–H and O–H groups in total. The maximum Gasteiger partial charge on any atom is 0.231 e. The number of hydrogen-bond acceptors (Lipinski definition) is 4. The summed E-state index contributed by atoms with van der Waals surface area (Å²) >= 11 is 0. The SMILES string of the molecule is N#Cc1cc2c(nc1OCC1CCOC1)CCC2. The van der Waals surface area contributed by atoms with Crippen molar-refractivity contribution in [1.29, 1.82) is 5.26 Å². The molecule has 1 atom stereocenters. The number of nitrogens with zero attached hydrogens (tertiary/aromatic N) is 2. The fourth-order valence-corrected chi connectivity index (χ4v) is 2.55. The van der Waals surface area contributed by atoms with Gasteiger partial charge in [-0.3, -0.25) is 0 Å². The lowest BCUT2D eigenvalue weighted by Crippen LogP contribution is -2.13. The molecule has 2 heterocycles. The van der Waals surface area contributed by atoms with Gasteiger partial charge in [-0.15, -0.1) is 0 Å². The smallest absolute Gasteiger partial charge is 0.231 e. The first-order valence-corrected chi connectivity index (χ1v) is 6.50. The van der Waals surface area contributed by atoms with Crippen molar-refractivity contribution in [3.63, 3.8) is 0 Å². The van der Waals surface area contributed by atoms with Gasteiger partial charge in [0.05, 0.1) is 13.2 Å². The second-order valence-electron chi connectivity index (χ2n) is 4.95. The van der Waals surface area contributed by atoms with Crippen LogP contribution in [0.4, 0.5) is 0 Å². The molecule has 0 spiro atoms. The van der Waals surface area contributed by atoms with E-state index in [0.29, 0.717) is 24.0 Å². The summed E-state index contributed by atoms with van der Waals surface area (Å²) in [4.78, 5) is 4.50. The van der Waals surface area contributed by atoms with Gasteiger partial charge in [-0.1, -0.05) is 0 Å². The molecule has 0 amide bonds. The first kappa shape index (κ1) is 11.5. The third-order valence-corrected chi connectivity index (χ3v) is 3.62. The van der Waals surface area contributed by atoms with Crippen LogP contribution in [0.2, 0.25) is 0 Å². The van der Waals surface area contributed by atoms with E-state index in [9.17, 15) is 0 Å². The van der Waals surface area contributed by atoms with Crippen molar-refractivity contribution in [1.82, 2.24) is 4.98 Å². The van der Waals surface area contributed by atoms with Crippen LogP contribution in [0.1, 0.15) is 29.7 Å². The Morgan fingerprint density at radius 2 is 2.44 bits per heavy atom. The summed E-state index contributed by atoms with van der Waals surface area (Å²) < 4.78 is 11.0. The molecular weight excluding hydrogens is 228 g/mol. The van der Waals surface area contributed by atoms with Gasteiger partial charge in [0.25, 0.3) is 0 Å². The van der Waals surface area contributed by atoms with Crippen molar-refractivity contribution < 1.29 is 9.47 Å². The van der Waals surface area contributed by atoms with Crippen LogP contribution in [0.5, 0.6) is 5.88 Å². The number of hydrogen-bond donors (Lipinski definition) is 0. The molecule has 1 fully saturated rings. The van der Waals surface area contributed by atoms with Gasteiger partial charge < -0.3 is 9.47 Å². The van der Waals surface area contributed by atoms with E-state index in [-0.39, 0.29) is 0 Å². The Balaban J connectivity index is 1.76. The predicted molar refractivity (Wildman–Crippen MR) is 65.4 cm³/mol. The molecule has 4 nitrogen and oxygen atoms in total. The van der Waals surface area contributed by atoms with Gasteiger partial charge in [0.2, 0.25) is 5.88 Å². The highest BCUT2D eigenvalue weighted by Crippen LogP contribution is 2.26. The molecule has 94 valence electrons. The molecule has 0 bridgehead atoms. The summed E-state index contributed by atoms with van der Waals surface area (Å²) in [6, 6.07) is 4.12. The van der Waals surface area contributed by atoms with Crippen LogP contribution in [-0.4, -0.2) is 24.8 Å².